The third-order valence-corrected chi connectivity index (χ3v) is 5.05. The number of rotatable bonds is 9. The zero-order valence-corrected chi connectivity index (χ0v) is 18.5. The van der Waals surface area contributed by atoms with E-state index in [1.165, 1.54) is 0 Å². The van der Waals surface area contributed by atoms with Crippen LogP contribution in [0.3, 0.4) is 0 Å². The molecule has 0 aliphatic carbocycles. The van der Waals surface area contributed by atoms with Gasteiger partial charge >= 0.3 is 5.97 Å². The predicted octanol–water partition coefficient (Wildman–Crippen LogP) is 3.61. The molecule has 3 rings (SSSR count). The molecule has 0 bridgehead atoms. The Kier molecular flexibility index (Phi) is 8.18. The molecular weight excluding hydrogens is 416 g/mol. The largest absolute Gasteiger partial charge is 0.466 e. The molecule has 0 saturated heterocycles. The zero-order valence-electron chi connectivity index (χ0n) is 18.5. The van der Waals surface area contributed by atoms with Gasteiger partial charge in [-0.2, -0.15) is 0 Å². The van der Waals surface area contributed by atoms with Gasteiger partial charge in [0.15, 0.2) is 5.96 Å². The van der Waals surface area contributed by atoms with E-state index in [1.807, 2.05) is 54.6 Å². The second-order valence-corrected chi connectivity index (χ2v) is 7.49. The van der Waals surface area contributed by atoms with Crippen LogP contribution in [0.2, 0.25) is 0 Å². The maximum absolute atomic E-state index is 12.6. The summed E-state index contributed by atoms with van der Waals surface area (Å²) in [5, 5.41) is 2.92. The van der Waals surface area contributed by atoms with Gasteiger partial charge in [-0.05, 0) is 41.8 Å². The number of esters is 1. The summed E-state index contributed by atoms with van der Waals surface area (Å²) in [7, 11) is 0. The molecular formula is C26H28N4O3. The highest BCUT2D eigenvalue weighted by Gasteiger charge is 2.19. The lowest BCUT2D eigenvalue weighted by atomic mass is 9.88. The number of nitrogens with two attached hydrogens (primary N) is 2. The number of ether oxygens (including phenoxy) is 1. The normalized spacial score (nSPS) is 11.3. The average molecular weight is 445 g/mol. The van der Waals surface area contributed by atoms with Crippen LogP contribution in [0.4, 0.5) is 5.69 Å². The van der Waals surface area contributed by atoms with E-state index >= 15 is 0 Å². The van der Waals surface area contributed by atoms with Gasteiger partial charge in [-0.15, -0.1) is 0 Å². The number of amides is 1. The van der Waals surface area contributed by atoms with Gasteiger partial charge in [0, 0.05) is 18.0 Å². The number of carbonyl (C=O) groups is 2. The van der Waals surface area contributed by atoms with Crippen LogP contribution in [0.15, 0.2) is 83.9 Å². The lowest BCUT2D eigenvalue weighted by molar-refractivity contribution is -0.143. The number of nitrogens with zero attached hydrogens (tertiary/aromatic N) is 1. The van der Waals surface area contributed by atoms with Crippen molar-refractivity contribution in [3.8, 4) is 0 Å². The van der Waals surface area contributed by atoms with Gasteiger partial charge < -0.3 is 21.5 Å². The lowest BCUT2D eigenvalue weighted by Crippen LogP contribution is -2.23. The van der Waals surface area contributed by atoms with Crippen LogP contribution >= 0.6 is 0 Å². The van der Waals surface area contributed by atoms with Crippen LogP contribution in [0.25, 0.3) is 0 Å². The molecule has 7 heteroatoms. The lowest BCUT2D eigenvalue weighted by Gasteiger charge is -2.18. The topological polar surface area (TPSA) is 120 Å². The van der Waals surface area contributed by atoms with E-state index in [4.69, 9.17) is 16.2 Å². The second kappa shape index (κ2) is 11.5. The number of aliphatic imine (C=N–C) groups is 1. The van der Waals surface area contributed by atoms with Gasteiger partial charge in [0.05, 0.1) is 18.7 Å². The predicted molar refractivity (Wildman–Crippen MR) is 129 cm³/mol. The number of carbonyl (C=O) groups excluding carboxylic acids is 2. The van der Waals surface area contributed by atoms with E-state index in [0.29, 0.717) is 24.4 Å². The van der Waals surface area contributed by atoms with E-state index in [1.54, 1.807) is 31.2 Å². The first-order valence-corrected chi connectivity index (χ1v) is 10.7. The molecule has 0 aromatic heterocycles. The first-order chi connectivity index (χ1) is 16.0. The van der Waals surface area contributed by atoms with Crippen molar-refractivity contribution in [2.45, 2.75) is 25.8 Å². The van der Waals surface area contributed by atoms with Crippen molar-refractivity contribution in [2.24, 2.45) is 16.5 Å². The van der Waals surface area contributed by atoms with Crippen molar-refractivity contribution in [2.75, 3.05) is 6.61 Å². The first-order valence-electron chi connectivity index (χ1n) is 10.7. The fourth-order valence-electron chi connectivity index (χ4n) is 3.57. The van der Waals surface area contributed by atoms with Gasteiger partial charge in [0.25, 0.3) is 5.91 Å². The Morgan fingerprint density at radius 1 is 0.939 bits per heavy atom. The molecule has 1 amide bonds. The molecule has 0 saturated carbocycles. The van der Waals surface area contributed by atoms with Crippen LogP contribution in [0.5, 0.6) is 0 Å². The summed E-state index contributed by atoms with van der Waals surface area (Å²) in [6.07, 6.45) is 0.241. The molecule has 170 valence electrons. The van der Waals surface area contributed by atoms with Crippen molar-refractivity contribution in [1.29, 1.82) is 0 Å². The van der Waals surface area contributed by atoms with Crippen LogP contribution in [-0.2, 0) is 16.1 Å². The molecule has 0 radical (unpaired) electrons. The highest BCUT2D eigenvalue weighted by Crippen LogP contribution is 2.29. The van der Waals surface area contributed by atoms with Gasteiger partial charge in [-0.25, -0.2) is 4.99 Å². The molecule has 3 aromatic carbocycles. The van der Waals surface area contributed by atoms with Gasteiger partial charge in [0.1, 0.15) is 0 Å². The molecule has 7 nitrogen and oxygen atoms in total. The third-order valence-electron chi connectivity index (χ3n) is 5.05. The maximum atomic E-state index is 12.6. The summed E-state index contributed by atoms with van der Waals surface area (Å²) in [6, 6.07) is 24.5. The van der Waals surface area contributed by atoms with E-state index < -0.39 is 0 Å². The fraction of sp³-hybridized carbons (Fsp3) is 0.192. The van der Waals surface area contributed by atoms with Crippen LogP contribution < -0.4 is 16.8 Å². The Labute approximate surface area is 193 Å². The standard InChI is InChI=1S/C26H28N4O3/c1-2-33-24(31)16-23(19-9-4-3-5-10-19)20-11-6-8-18(14-20)17-29-25(32)21-12-7-13-22(15-21)30-26(27)28/h3-15,23H,2,16-17H2,1H3,(H,29,32)(H4,27,28,30). The Bertz CT molecular complexity index is 1130. The molecule has 5 N–H and O–H groups in total. The Balaban J connectivity index is 1.75. The molecule has 1 atom stereocenters. The molecule has 0 aliphatic heterocycles. The summed E-state index contributed by atoms with van der Waals surface area (Å²) in [6.45, 7) is 2.47. The number of guanidine groups is 1. The van der Waals surface area contributed by atoms with E-state index in [2.05, 4.69) is 10.3 Å². The van der Waals surface area contributed by atoms with E-state index in [9.17, 15) is 9.59 Å². The summed E-state index contributed by atoms with van der Waals surface area (Å²) >= 11 is 0. The SMILES string of the molecule is CCOC(=O)CC(c1ccccc1)c1cccc(CNC(=O)c2cccc(N=C(N)N)c2)c1. The Morgan fingerprint density at radius 2 is 1.67 bits per heavy atom. The minimum absolute atomic E-state index is 0.0693. The van der Waals surface area contributed by atoms with E-state index in [-0.39, 0.29) is 30.2 Å². The van der Waals surface area contributed by atoms with Gasteiger partial charge in [-0.1, -0.05) is 60.7 Å². The van der Waals surface area contributed by atoms with Crippen LogP contribution in [0.1, 0.15) is 46.3 Å². The van der Waals surface area contributed by atoms with Gasteiger partial charge in [-0.3, -0.25) is 9.59 Å². The van der Waals surface area contributed by atoms with Crippen LogP contribution in [0, 0.1) is 0 Å². The van der Waals surface area contributed by atoms with Gasteiger partial charge in [0.2, 0.25) is 0 Å². The summed E-state index contributed by atoms with van der Waals surface area (Å²) in [5.41, 5.74) is 14.7. The van der Waals surface area contributed by atoms with Crippen molar-refractivity contribution in [3.63, 3.8) is 0 Å². The highest BCUT2D eigenvalue weighted by atomic mass is 16.5. The Morgan fingerprint density at radius 3 is 2.39 bits per heavy atom. The number of hydrogen-bond acceptors (Lipinski definition) is 4. The smallest absolute Gasteiger partial charge is 0.306 e. The minimum atomic E-state index is -0.245. The summed E-state index contributed by atoms with van der Waals surface area (Å²) < 4.78 is 5.19. The van der Waals surface area contributed by atoms with Crippen LogP contribution in [-0.4, -0.2) is 24.4 Å². The first kappa shape index (κ1) is 23.5. The number of benzene rings is 3. The summed E-state index contributed by atoms with van der Waals surface area (Å²) in [5.74, 6) is -0.692. The number of nitrogens with one attached hydrogen (secondary N) is 1. The quantitative estimate of drug-likeness (QED) is 0.265. The third kappa shape index (κ3) is 6.93. The maximum Gasteiger partial charge on any atom is 0.306 e. The molecule has 0 fully saturated rings. The molecule has 3 aromatic rings. The van der Waals surface area contributed by atoms with Crippen molar-refractivity contribution < 1.29 is 14.3 Å². The number of hydrogen-bond donors (Lipinski definition) is 3. The molecule has 1 unspecified atom stereocenters. The van der Waals surface area contributed by atoms with E-state index in [0.717, 1.165) is 16.7 Å². The minimum Gasteiger partial charge on any atom is -0.466 e. The monoisotopic (exact) mass is 444 g/mol. The molecule has 0 heterocycles. The molecule has 0 spiro atoms. The average Bonchev–Trinajstić information content (AvgIpc) is 2.81. The van der Waals surface area contributed by atoms with Crippen molar-refractivity contribution >= 4 is 23.5 Å². The molecule has 33 heavy (non-hydrogen) atoms. The zero-order chi connectivity index (χ0) is 23.6. The summed E-state index contributed by atoms with van der Waals surface area (Å²) in [4.78, 5) is 28.8. The van der Waals surface area contributed by atoms with Crippen molar-refractivity contribution in [3.05, 3.63) is 101 Å². The Hall–Kier alpha value is -4.13. The fourth-order valence-corrected chi connectivity index (χ4v) is 3.57. The van der Waals surface area contributed by atoms with Crippen molar-refractivity contribution in [1.82, 2.24) is 5.32 Å². The highest BCUT2D eigenvalue weighted by molar-refractivity contribution is 5.95. The molecule has 0 aliphatic rings. The second-order valence-electron chi connectivity index (χ2n) is 7.49.